The minimum atomic E-state index is -3.06. The van der Waals surface area contributed by atoms with Crippen LogP contribution in [0.5, 0.6) is 0 Å². The number of halogens is 3. The van der Waals surface area contributed by atoms with Gasteiger partial charge in [-0.1, -0.05) is 20.8 Å². The van der Waals surface area contributed by atoms with E-state index in [4.69, 9.17) is 10.8 Å². The number of nitrogens with two attached hydrogens (primary N) is 1. The monoisotopic (exact) mass is 231 g/mol. The van der Waals surface area contributed by atoms with E-state index in [2.05, 4.69) is 0 Å². The molecule has 1 atom stereocenters. The highest BCUT2D eigenvalue weighted by molar-refractivity contribution is 5.85. The second kappa shape index (κ2) is 4.89. The largest absolute Gasteiger partial charge is 0.480 e. The lowest BCUT2D eigenvalue weighted by Gasteiger charge is -2.31. The van der Waals surface area contributed by atoms with Crippen molar-refractivity contribution in [1.82, 2.24) is 0 Å². The van der Waals surface area contributed by atoms with Gasteiger partial charge in [0.15, 0.2) is 0 Å². The van der Waals surface area contributed by atoms with Crippen molar-refractivity contribution in [3.63, 3.8) is 0 Å². The Labute approximate surface area is 88.1 Å². The van der Waals surface area contributed by atoms with E-state index in [1.54, 1.807) is 0 Å². The minimum Gasteiger partial charge on any atom is -0.480 e. The Balaban J connectivity index is 0. The third-order valence-corrected chi connectivity index (χ3v) is 1.89. The molecule has 0 aliphatic carbocycles. The van der Waals surface area contributed by atoms with Crippen LogP contribution < -0.4 is 5.73 Å². The van der Waals surface area contributed by atoms with Crippen LogP contribution in [0.3, 0.4) is 0 Å². The van der Waals surface area contributed by atoms with Gasteiger partial charge >= 0.3 is 5.97 Å². The molecule has 0 bridgehead atoms. The topological polar surface area (TPSA) is 63.3 Å². The predicted octanol–water partition coefficient (Wildman–Crippen LogP) is 1.89. The molecular formula is C8H16ClF2NO2. The maximum atomic E-state index is 13.2. The second-order valence-electron chi connectivity index (χ2n) is 4.10. The molecule has 0 radical (unpaired) electrons. The van der Waals surface area contributed by atoms with Gasteiger partial charge in [0.2, 0.25) is 0 Å². The van der Waals surface area contributed by atoms with Crippen LogP contribution in [-0.2, 0) is 4.79 Å². The zero-order chi connectivity index (χ0) is 10.9. The van der Waals surface area contributed by atoms with Crippen LogP contribution in [0.2, 0.25) is 0 Å². The van der Waals surface area contributed by atoms with Gasteiger partial charge in [0.1, 0.15) is 6.04 Å². The lowest BCUT2D eigenvalue weighted by molar-refractivity contribution is -0.146. The molecule has 0 fully saturated rings. The van der Waals surface area contributed by atoms with Crippen molar-refractivity contribution >= 4 is 18.4 Å². The number of carbonyl (C=O) groups is 1. The number of hydrogen-bond donors (Lipinski definition) is 2. The molecule has 0 saturated carbocycles. The van der Waals surface area contributed by atoms with E-state index in [-0.39, 0.29) is 12.4 Å². The zero-order valence-corrected chi connectivity index (χ0v) is 9.20. The Bertz CT molecular complexity index is 204. The maximum absolute atomic E-state index is 13.2. The van der Waals surface area contributed by atoms with Crippen molar-refractivity contribution in [3.8, 4) is 0 Å². The molecule has 0 aromatic rings. The van der Waals surface area contributed by atoms with Gasteiger partial charge in [-0.25, -0.2) is 8.78 Å². The summed E-state index contributed by atoms with van der Waals surface area (Å²) in [5.41, 5.74) is 3.76. The third kappa shape index (κ3) is 4.19. The van der Waals surface area contributed by atoms with Gasteiger partial charge in [-0.05, 0) is 0 Å². The second-order valence-corrected chi connectivity index (χ2v) is 4.10. The van der Waals surface area contributed by atoms with E-state index in [0.29, 0.717) is 0 Å². The first-order valence-electron chi connectivity index (χ1n) is 3.94. The lowest BCUT2D eigenvalue weighted by Crippen LogP contribution is -2.43. The van der Waals surface area contributed by atoms with Crippen molar-refractivity contribution in [2.24, 2.45) is 11.1 Å². The van der Waals surface area contributed by atoms with E-state index in [9.17, 15) is 13.6 Å². The Morgan fingerprint density at radius 1 is 1.43 bits per heavy atom. The minimum absolute atomic E-state index is 0. The third-order valence-electron chi connectivity index (χ3n) is 1.89. The molecule has 86 valence electrons. The van der Waals surface area contributed by atoms with Gasteiger partial charge in [0.05, 0.1) is 0 Å². The predicted molar refractivity (Wildman–Crippen MR) is 51.9 cm³/mol. The van der Waals surface area contributed by atoms with Crippen molar-refractivity contribution in [2.45, 2.75) is 39.2 Å². The van der Waals surface area contributed by atoms with Crippen LogP contribution in [0.4, 0.5) is 8.78 Å². The first-order valence-corrected chi connectivity index (χ1v) is 3.94. The summed E-state index contributed by atoms with van der Waals surface area (Å²) >= 11 is 0. The highest BCUT2D eigenvalue weighted by Crippen LogP contribution is 2.38. The molecule has 3 N–H and O–H groups in total. The number of carboxylic acids is 1. The van der Waals surface area contributed by atoms with Gasteiger partial charge < -0.3 is 10.8 Å². The normalized spacial score (nSPS) is 14.4. The summed E-state index contributed by atoms with van der Waals surface area (Å²) in [7, 11) is 0. The quantitative estimate of drug-likeness (QED) is 0.780. The van der Waals surface area contributed by atoms with Crippen molar-refractivity contribution in [2.75, 3.05) is 0 Å². The summed E-state index contributed by atoms with van der Waals surface area (Å²) in [6.45, 7) is 4.05. The average Bonchev–Trinajstić information content (AvgIpc) is 1.83. The molecule has 0 amide bonds. The van der Waals surface area contributed by atoms with E-state index < -0.39 is 29.8 Å². The molecule has 0 rings (SSSR count). The molecule has 0 aliphatic heterocycles. The lowest BCUT2D eigenvalue weighted by atomic mass is 9.84. The van der Waals surface area contributed by atoms with Crippen LogP contribution in [-0.4, -0.2) is 23.0 Å². The van der Waals surface area contributed by atoms with Crippen molar-refractivity contribution in [1.29, 1.82) is 0 Å². The highest BCUT2D eigenvalue weighted by atomic mass is 35.5. The fourth-order valence-electron chi connectivity index (χ4n) is 0.670. The smallest absolute Gasteiger partial charge is 0.320 e. The maximum Gasteiger partial charge on any atom is 0.320 e. The summed E-state index contributed by atoms with van der Waals surface area (Å²) in [5, 5.41) is 8.35. The first-order chi connectivity index (χ1) is 5.58. The van der Waals surface area contributed by atoms with Gasteiger partial charge in [-0.3, -0.25) is 4.79 Å². The standard InChI is InChI=1S/C8H15F2NO2.ClH/c1-7(2,3)8(9,10)4-5(11)6(12)13;/h5H,4,11H2,1-3H3,(H,12,13);1H/t5-;/m0./s1. The fraction of sp³-hybridized carbons (Fsp3) is 0.875. The molecule has 0 unspecified atom stereocenters. The molecule has 0 spiro atoms. The van der Waals surface area contributed by atoms with E-state index in [0.717, 1.165) is 0 Å². The van der Waals surface area contributed by atoms with Gasteiger partial charge in [-0.15, -0.1) is 12.4 Å². The van der Waals surface area contributed by atoms with Gasteiger partial charge in [0, 0.05) is 11.8 Å². The van der Waals surface area contributed by atoms with Crippen molar-refractivity contribution < 1.29 is 18.7 Å². The average molecular weight is 232 g/mol. The SMILES string of the molecule is CC(C)(C)C(F)(F)C[C@H](N)C(=O)O.Cl. The summed E-state index contributed by atoms with van der Waals surface area (Å²) < 4.78 is 26.4. The molecule has 0 aromatic heterocycles. The molecule has 3 nitrogen and oxygen atoms in total. The zero-order valence-electron chi connectivity index (χ0n) is 8.38. The molecule has 0 saturated heterocycles. The molecule has 0 aliphatic rings. The number of aliphatic carboxylic acids is 1. The van der Waals surface area contributed by atoms with Crippen molar-refractivity contribution in [3.05, 3.63) is 0 Å². The van der Waals surface area contributed by atoms with E-state index in [1.807, 2.05) is 0 Å². The Kier molecular flexibility index (Phi) is 5.59. The van der Waals surface area contributed by atoms with Crippen LogP contribution in [0.15, 0.2) is 0 Å². The summed E-state index contributed by atoms with van der Waals surface area (Å²) in [5.74, 6) is -4.46. The summed E-state index contributed by atoms with van der Waals surface area (Å²) in [6.07, 6.45) is -0.828. The van der Waals surface area contributed by atoms with Crippen LogP contribution in [0, 0.1) is 5.41 Å². The number of rotatable bonds is 3. The summed E-state index contributed by atoms with van der Waals surface area (Å²) in [4.78, 5) is 10.2. The molecule has 6 heteroatoms. The van der Waals surface area contributed by atoms with E-state index >= 15 is 0 Å². The Hall–Kier alpha value is -0.420. The Morgan fingerprint density at radius 2 is 1.79 bits per heavy atom. The van der Waals surface area contributed by atoms with Gasteiger partial charge in [-0.2, -0.15) is 0 Å². The summed E-state index contributed by atoms with van der Waals surface area (Å²) in [6, 6.07) is -1.51. The molecule has 0 aromatic carbocycles. The molecular weight excluding hydrogens is 216 g/mol. The van der Waals surface area contributed by atoms with Gasteiger partial charge in [0.25, 0.3) is 5.92 Å². The van der Waals surface area contributed by atoms with Crippen LogP contribution in [0.25, 0.3) is 0 Å². The molecule has 14 heavy (non-hydrogen) atoms. The first kappa shape index (κ1) is 16.0. The van der Waals surface area contributed by atoms with Crippen LogP contribution in [0.1, 0.15) is 27.2 Å². The number of hydrogen-bond acceptors (Lipinski definition) is 2. The Morgan fingerprint density at radius 3 is 2.00 bits per heavy atom. The number of alkyl halides is 2. The fourth-order valence-corrected chi connectivity index (χ4v) is 0.670. The highest BCUT2D eigenvalue weighted by Gasteiger charge is 2.45. The number of carboxylic acid groups (broad SMARTS) is 1. The molecule has 0 heterocycles. The van der Waals surface area contributed by atoms with E-state index in [1.165, 1.54) is 20.8 Å². The van der Waals surface area contributed by atoms with Crippen LogP contribution >= 0.6 is 12.4 Å².